The summed E-state index contributed by atoms with van der Waals surface area (Å²) >= 11 is 3.70. The van der Waals surface area contributed by atoms with Gasteiger partial charge in [-0.25, -0.2) is 0 Å². The van der Waals surface area contributed by atoms with E-state index in [2.05, 4.69) is 79.6 Å². The van der Waals surface area contributed by atoms with E-state index in [1.165, 1.54) is 34.3 Å². The fourth-order valence-electron chi connectivity index (χ4n) is 4.28. The molecule has 2 aliphatic rings. The highest BCUT2D eigenvalue weighted by Gasteiger charge is 2.24. The molecule has 0 amide bonds. The number of ether oxygens (including phenoxy) is 1. The van der Waals surface area contributed by atoms with Crippen molar-refractivity contribution in [1.82, 2.24) is 15.1 Å². The van der Waals surface area contributed by atoms with Crippen LogP contribution in [0, 0.1) is 5.92 Å². The summed E-state index contributed by atoms with van der Waals surface area (Å²) in [6.07, 6.45) is 4.72. The number of benzene rings is 2. The molecule has 0 radical (unpaired) electrons. The first-order chi connectivity index (χ1) is 14.2. The topological polar surface area (TPSA) is 27.7 Å². The van der Waals surface area contributed by atoms with Crippen LogP contribution in [0.5, 0.6) is 5.75 Å². The van der Waals surface area contributed by atoms with Crippen LogP contribution in [-0.4, -0.2) is 49.8 Å². The molecular weight excluding hydrogens is 426 g/mol. The second-order valence-corrected chi connectivity index (χ2v) is 8.97. The van der Waals surface area contributed by atoms with Gasteiger partial charge >= 0.3 is 0 Å². The van der Waals surface area contributed by atoms with Gasteiger partial charge in [0, 0.05) is 36.3 Å². The molecule has 0 spiro atoms. The first-order valence-electron chi connectivity index (χ1n) is 10.4. The van der Waals surface area contributed by atoms with Gasteiger partial charge < -0.3 is 10.1 Å². The van der Waals surface area contributed by atoms with E-state index in [0.29, 0.717) is 5.92 Å². The number of nitrogens with one attached hydrogen (secondary N) is 1. The molecular formula is C24H30BrN3O. The molecule has 2 heterocycles. The van der Waals surface area contributed by atoms with Crippen LogP contribution >= 0.6 is 15.9 Å². The van der Waals surface area contributed by atoms with Crippen LogP contribution in [0.3, 0.4) is 0 Å². The Balaban J connectivity index is 1.25. The second-order valence-electron chi connectivity index (χ2n) is 8.11. The number of hydrogen-bond acceptors (Lipinski definition) is 4. The van der Waals surface area contributed by atoms with Crippen LogP contribution in [0.15, 0.2) is 64.8 Å². The van der Waals surface area contributed by atoms with Crippen molar-refractivity contribution in [3.05, 3.63) is 75.9 Å². The van der Waals surface area contributed by atoms with Crippen molar-refractivity contribution >= 4 is 15.9 Å². The second kappa shape index (κ2) is 9.79. The zero-order chi connectivity index (χ0) is 20.1. The van der Waals surface area contributed by atoms with Crippen molar-refractivity contribution in [2.45, 2.75) is 19.4 Å². The lowest BCUT2D eigenvalue weighted by molar-refractivity contribution is 0.253. The lowest BCUT2D eigenvalue weighted by Gasteiger charge is -2.29. The number of hydrogen-bond donors (Lipinski definition) is 1. The van der Waals surface area contributed by atoms with Crippen molar-refractivity contribution in [3.63, 3.8) is 0 Å². The van der Waals surface area contributed by atoms with E-state index in [0.717, 1.165) is 45.0 Å². The molecule has 1 unspecified atom stereocenters. The average Bonchev–Trinajstić information content (AvgIpc) is 3.19. The molecule has 1 saturated heterocycles. The maximum Gasteiger partial charge on any atom is 0.119 e. The van der Waals surface area contributed by atoms with Crippen LogP contribution in [0.2, 0.25) is 0 Å². The molecule has 0 aliphatic carbocycles. The summed E-state index contributed by atoms with van der Waals surface area (Å²) in [5.74, 6) is 1.65. The SMILES string of the molecule is COc1ccc(Br)c(CC2CCN(CC3=CCN(Cc4ccccc4)CN3)C2)c1. The Labute approximate surface area is 182 Å². The van der Waals surface area contributed by atoms with Gasteiger partial charge in [0.2, 0.25) is 0 Å². The quantitative estimate of drug-likeness (QED) is 0.674. The molecule has 4 rings (SSSR count). The third-order valence-corrected chi connectivity index (χ3v) is 6.67. The minimum Gasteiger partial charge on any atom is -0.497 e. The molecule has 2 aromatic carbocycles. The fraction of sp³-hybridized carbons (Fsp3) is 0.417. The van der Waals surface area contributed by atoms with E-state index in [9.17, 15) is 0 Å². The highest BCUT2D eigenvalue weighted by atomic mass is 79.9. The molecule has 4 nitrogen and oxygen atoms in total. The summed E-state index contributed by atoms with van der Waals surface area (Å²) in [5, 5.41) is 3.63. The number of nitrogens with zero attached hydrogens (tertiary/aromatic N) is 2. The summed E-state index contributed by atoms with van der Waals surface area (Å²) in [6, 6.07) is 17.0. The Hall–Kier alpha value is -1.82. The smallest absolute Gasteiger partial charge is 0.119 e. The molecule has 29 heavy (non-hydrogen) atoms. The van der Waals surface area contributed by atoms with Crippen molar-refractivity contribution in [3.8, 4) is 5.75 Å². The van der Waals surface area contributed by atoms with E-state index in [4.69, 9.17) is 4.74 Å². The van der Waals surface area contributed by atoms with Gasteiger partial charge in [-0.2, -0.15) is 0 Å². The maximum atomic E-state index is 5.39. The van der Waals surface area contributed by atoms with Crippen molar-refractivity contribution < 1.29 is 4.74 Å². The molecule has 1 atom stereocenters. The van der Waals surface area contributed by atoms with E-state index in [1.54, 1.807) is 7.11 Å². The van der Waals surface area contributed by atoms with Gasteiger partial charge in [0.1, 0.15) is 5.75 Å². The summed E-state index contributed by atoms with van der Waals surface area (Å²) in [5.41, 5.74) is 4.09. The molecule has 2 aromatic rings. The summed E-state index contributed by atoms with van der Waals surface area (Å²) < 4.78 is 6.58. The van der Waals surface area contributed by atoms with Crippen molar-refractivity contribution in [1.29, 1.82) is 0 Å². The van der Waals surface area contributed by atoms with Crippen LogP contribution in [0.25, 0.3) is 0 Å². The Morgan fingerprint density at radius 2 is 1.97 bits per heavy atom. The molecule has 5 heteroatoms. The van der Waals surface area contributed by atoms with Gasteiger partial charge in [-0.15, -0.1) is 0 Å². The minimum absolute atomic E-state index is 0.706. The first kappa shape index (κ1) is 20.5. The Bertz CT molecular complexity index is 839. The van der Waals surface area contributed by atoms with E-state index >= 15 is 0 Å². The van der Waals surface area contributed by atoms with Crippen LogP contribution in [0.4, 0.5) is 0 Å². The van der Waals surface area contributed by atoms with E-state index in [-0.39, 0.29) is 0 Å². The summed E-state index contributed by atoms with van der Waals surface area (Å²) in [4.78, 5) is 5.02. The highest BCUT2D eigenvalue weighted by molar-refractivity contribution is 9.10. The van der Waals surface area contributed by atoms with Crippen molar-refractivity contribution in [2.24, 2.45) is 5.92 Å². The fourth-order valence-corrected chi connectivity index (χ4v) is 4.69. The molecule has 2 aliphatic heterocycles. The molecule has 154 valence electrons. The Morgan fingerprint density at radius 3 is 2.72 bits per heavy atom. The summed E-state index contributed by atoms with van der Waals surface area (Å²) in [7, 11) is 1.73. The molecule has 0 aromatic heterocycles. The zero-order valence-electron chi connectivity index (χ0n) is 17.1. The van der Waals surface area contributed by atoms with Crippen LogP contribution < -0.4 is 10.1 Å². The normalized spacial score (nSPS) is 20.3. The first-order valence-corrected chi connectivity index (χ1v) is 11.2. The van der Waals surface area contributed by atoms with Crippen LogP contribution in [-0.2, 0) is 13.0 Å². The molecule has 0 bridgehead atoms. The lowest BCUT2D eigenvalue weighted by atomic mass is 9.98. The van der Waals surface area contributed by atoms with Gasteiger partial charge in [0.25, 0.3) is 0 Å². The molecule has 1 N–H and O–H groups in total. The predicted molar refractivity (Wildman–Crippen MR) is 122 cm³/mol. The standard InChI is InChI=1S/C24H30BrN3O/c1-29-23-7-8-24(25)21(14-23)13-20-9-11-27(16-20)17-22-10-12-28(18-26-22)15-19-5-3-2-4-6-19/h2-8,10,14,20,26H,9,11-13,15-18H2,1H3. The highest BCUT2D eigenvalue weighted by Crippen LogP contribution is 2.28. The average molecular weight is 456 g/mol. The van der Waals surface area contributed by atoms with Crippen LogP contribution in [0.1, 0.15) is 17.5 Å². The predicted octanol–water partition coefficient (Wildman–Crippen LogP) is 4.27. The monoisotopic (exact) mass is 455 g/mol. The zero-order valence-corrected chi connectivity index (χ0v) is 18.7. The number of methoxy groups -OCH3 is 1. The van der Waals surface area contributed by atoms with Gasteiger partial charge in [-0.3, -0.25) is 9.80 Å². The maximum absolute atomic E-state index is 5.39. The Morgan fingerprint density at radius 1 is 1.10 bits per heavy atom. The van der Waals surface area contributed by atoms with Gasteiger partial charge in [-0.05, 0) is 54.6 Å². The van der Waals surface area contributed by atoms with E-state index in [1.807, 2.05) is 6.07 Å². The van der Waals surface area contributed by atoms with Gasteiger partial charge in [-0.1, -0.05) is 52.3 Å². The number of halogens is 1. The number of rotatable bonds is 7. The third kappa shape index (κ3) is 5.62. The van der Waals surface area contributed by atoms with Crippen molar-refractivity contribution in [2.75, 3.05) is 40.0 Å². The minimum atomic E-state index is 0.706. The third-order valence-electron chi connectivity index (χ3n) is 5.90. The molecule has 0 saturated carbocycles. The Kier molecular flexibility index (Phi) is 6.90. The lowest BCUT2D eigenvalue weighted by Crippen LogP contribution is -2.41. The van der Waals surface area contributed by atoms with Gasteiger partial charge in [0.05, 0.1) is 13.8 Å². The van der Waals surface area contributed by atoms with E-state index < -0.39 is 0 Å². The number of likely N-dealkylation sites (tertiary alicyclic amines) is 1. The molecule has 1 fully saturated rings. The van der Waals surface area contributed by atoms with Gasteiger partial charge in [0.15, 0.2) is 0 Å². The summed E-state index contributed by atoms with van der Waals surface area (Å²) in [6.45, 7) is 6.32. The largest absolute Gasteiger partial charge is 0.497 e.